The Balaban J connectivity index is 0. The molecule has 76 valence electrons. The van der Waals surface area contributed by atoms with Crippen molar-refractivity contribution >= 4 is 6.29 Å². The van der Waals surface area contributed by atoms with Crippen LogP contribution in [-0.2, 0) is 4.79 Å². The van der Waals surface area contributed by atoms with Crippen molar-refractivity contribution in [2.24, 2.45) is 0 Å². The molecule has 0 saturated heterocycles. The summed E-state index contributed by atoms with van der Waals surface area (Å²) in [6.45, 7) is -0.688. The number of hydrogen-bond acceptors (Lipinski definition) is 7. The average molecular weight is 194 g/mol. The monoisotopic (exact) mass is 194 g/mol. The molecule has 0 radical (unpaired) electrons. The molecule has 8 heteroatoms. The minimum absolute atomic E-state index is 0.0869. The quantitative estimate of drug-likeness (QED) is 0.164. The highest BCUT2D eigenvalue weighted by molar-refractivity contribution is 5.56. The van der Waals surface area contributed by atoms with E-state index in [1.54, 1.807) is 0 Å². The maximum absolute atomic E-state index is 9.76. The zero-order valence-electron chi connectivity index (χ0n) is 6.66. The zero-order chi connectivity index (χ0) is 10.9. The van der Waals surface area contributed by atoms with Gasteiger partial charge in [0.15, 0.2) is 6.29 Å². The fourth-order valence-electron chi connectivity index (χ4n) is 0.416. The molecule has 0 aromatic heterocycles. The van der Waals surface area contributed by atoms with Gasteiger partial charge >= 0.3 is 0 Å². The van der Waals surface area contributed by atoms with Gasteiger partial charge in [0.1, 0.15) is 29.4 Å². The lowest BCUT2D eigenvalue weighted by Gasteiger charge is -2.16. The van der Waals surface area contributed by atoms with Gasteiger partial charge < -0.3 is 25.2 Å². The lowest BCUT2D eigenvalue weighted by molar-refractivity contribution is -0.127. The van der Waals surface area contributed by atoms with Crippen LogP contribution in [0.1, 0.15) is 0 Å². The van der Waals surface area contributed by atoms with Crippen LogP contribution in [-0.4, -0.2) is 51.6 Å². The summed E-state index contributed by atoms with van der Waals surface area (Å²) >= 11 is 0. The predicted octanol–water partition coefficient (Wildman–Crippen LogP) is -2.62. The van der Waals surface area contributed by atoms with Gasteiger partial charge in [-0.15, -0.1) is 0 Å². The van der Waals surface area contributed by atoms with Crippen molar-refractivity contribution in [2.45, 2.75) is 18.3 Å². The molecular weight excluding hydrogens is 182 g/mol. The minimum atomic E-state index is -1.64. The number of carbonyl (C=O) groups is 1. The number of rotatable bonds is 4. The van der Waals surface area contributed by atoms with E-state index in [0.29, 0.717) is 0 Å². The smallest absolute Gasteiger partial charge is 0.211 e. The van der Waals surface area contributed by atoms with Crippen LogP contribution in [0, 0.1) is 11.1 Å². The first-order valence-electron chi connectivity index (χ1n) is 3.18. The molecule has 3 unspecified atom stereocenters. The highest BCUT2D eigenvalue weighted by atomic mass is 16.4. The lowest BCUT2D eigenvalue weighted by atomic mass is 10.1. The Kier molecular flexibility index (Phi) is 9.84. The largest absolute Gasteiger partial charge is 0.394 e. The molecule has 0 heterocycles. The van der Waals surface area contributed by atoms with Gasteiger partial charge in [0.25, 0.3) is 0 Å². The molecule has 3 atom stereocenters. The first-order chi connectivity index (χ1) is 6.04. The number of aliphatic hydroxyl groups is 4. The van der Waals surface area contributed by atoms with E-state index in [-0.39, 0.29) is 6.29 Å². The molecule has 0 aliphatic carbocycles. The molecule has 0 aromatic carbocycles. The van der Waals surface area contributed by atoms with E-state index < -0.39 is 24.9 Å². The highest BCUT2D eigenvalue weighted by Crippen LogP contribution is 1.96. The van der Waals surface area contributed by atoms with Gasteiger partial charge in [0.05, 0.1) is 6.61 Å². The van der Waals surface area contributed by atoms with E-state index in [1.165, 1.54) is 0 Å². The number of aliphatic hydroxyl groups excluding tert-OH is 4. The topological polar surface area (TPSA) is 160 Å². The van der Waals surface area contributed by atoms with Crippen LogP contribution in [0.3, 0.4) is 0 Å². The average Bonchev–Trinajstić information content (AvgIpc) is 2.15. The molecular formula is C5H12N3O5+. The highest BCUT2D eigenvalue weighted by Gasteiger charge is 2.22. The Morgan fingerprint density at radius 2 is 1.69 bits per heavy atom. The predicted molar refractivity (Wildman–Crippen MR) is 38.7 cm³/mol. The van der Waals surface area contributed by atoms with Crippen molar-refractivity contribution in [2.75, 3.05) is 6.61 Å². The standard InChI is InChI=1S/C5H10O5.H2N3/c6-1-3(8)5(10)4(9)2-7;1-3-2/h1,3-5,7-10H,2H2;1-2H/q;+1. The second-order valence-corrected chi connectivity index (χ2v) is 1.98. The summed E-state index contributed by atoms with van der Waals surface area (Å²) in [5.41, 5.74) is 11.0. The van der Waals surface area contributed by atoms with E-state index in [2.05, 4.69) is 0 Å². The third-order valence-corrected chi connectivity index (χ3v) is 1.07. The summed E-state index contributed by atoms with van der Waals surface area (Å²) in [7, 11) is 0. The summed E-state index contributed by atoms with van der Waals surface area (Å²) in [6, 6.07) is 0. The van der Waals surface area contributed by atoms with Crippen molar-refractivity contribution in [3.8, 4) is 0 Å². The minimum Gasteiger partial charge on any atom is -0.394 e. The van der Waals surface area contributed by atoms with E-state index in [1.807, 2.05) is 4.91 Å². The van der Waals surface area contributed by atoms with Crippen molar-refractivity contribution in [1.29, 1.82) is 11.1 Å². The van der Waals surface area contributed by atoms with Crippen LogP contribution in [0.4, 0.5) is 0 Å². The number of aldehydes is 1. The van der Waals surface area contributed by atoms with Crippen LogP contribution in [0.15, 0.2) is 0 Å². The van der Waals surface area contributed by atoms with Crippen molar-refractivity contribution in [3.05, 3.63) is 0 Å². The molecule has 0 aliphatic rings. The van der Waals surface area contributed by atoms with Gasteiger partial charge in [-0.25, -0.2) is 0 Å². The fraction of sp³-hybridized carbons (Fsp3) is 0.800. The number of nitrogens with zero attached hydrogens (tertiary/aromatic N) is 1. The maximum Gasteiger partial charge on any atom is 0.211 e. The molecule has 0 amide bonds. The Morgan fingerprint density at radius 1 is 1.31 bits per heavy atom. The number of hydrogen-bond donors (Lipinski definition) is 6. The maximum atomic E-state index is 9.76. The summed E-state index contributed by atoms with van der Waals surface area (Å²) in [6.07, 6.45) is -4.63. The molecule has 0 spiro atoms. The molecule has 0 rings (SSSR count). The summed E-state index contributed by atoms with van der Waals surface area (Å²) in [5, 5.41) is 34.1. The zero-order valence-corrected chi connectivity index (χ0v) is 6.66. The second-order valence-electron chi connectivity index (χ2n) is 1.98. The number of carbonyl (C=O) groups excluding carboxylic acids is 1. The Labute approximate surface area is 73.5 Å². The SMILES string of the molecule is N=[N+]=N.O=CC(O)C(O)C(O)CO. The third kappa shape index (κ3) is 7.19. The molecule has 0 bridgehead atoms. The van der Waals surface area contributed by atoms with E-state index in [9.17, 15) is 4.79 Å². The van der Waals surface area contributed by atoms with Gasteiger partial charge in [-0.2, -0.15) is 0 Å². The van der Waals surface area contributed by atoms with Crippen LogP contribution < -0.4 is 4.91 Å². The van der Waals surface area contributed by atoms with Crippen LogP contribution in [0.2, 0.25) is 0 Å². The van der Waals surface area contributed by atoms with Crippen LogP contribution in [0.5, 0.6) is 0 Å². The first-order valence-corrected chi connectivity index (χ1v) is 3.18. The van der Waals surface area contributed by atoms with Gasteiger partial charge in [-0.1, -0.05) is 0 Å². The Morgan fingerprint density at radius 3 is 1.92 bits per heavy atom. The van der Waals surface area contributed by atoms with Gasteiger partial charge in [-0.05, 0) is 0 Å². The summed E-state index contributed by atoms with van der Waals surface area (Å²) < 4.78 is 0. The van der Waals surface area contributed by atoms with E-state index >= 15 is 0 Å². The third-order valence-electron chi connectivity index (χ3n) is 1.07. The van der Waals surface area contributed by atoms with Gasteiger partial charge in [0.2, 0.25) is 4.91 Å². The van der Waals surface area contributed by atoms with Gasteiger partial charge in [0, 0.05) is 0 Å². The van der Waals surface area contributed by atoms with Crippen molar-refractivity contribution in [3.63, 3.8) is 0 Å². The van der Waals surface area contributed by atoms with Crippen molar-refractivity contribution in [1.82, 2.24) is 4.91 Å². The molecule has 6 N–H and O–H groups in total. The summed E-state index contributed by atoms with van der Waals surface area (Å²) in [5.74, 6) is 0. The molecule has 0 fully saturated rings. The molecule has 0 aliphatic heterocycles. The van der Waals surface area contributed by atoms with Crippen LogP contribution in [0.25, 0.3) is 0 Å². The molecule has 0 aromatic rings. The van der Waals surface area contributed by atoms with E-state index in [0.717, 1.165) is 0 Å². The molecule has 8 nitrogen and oxygen atoms in total. The number of nitrogens with one attached hydrogen (secondary N) is 2. The van der Waals surface area contributed by atoms with E-state index in [4.69, 9.17) is 31.5 Å². The Hall–Kier alpha value is -1.18. The Bertz CT molecular complexity index is 170. The molecule has 0 saturated carbocycles. The first kappa shape index (κ1) is 14.3. The van der Waals surface area contributed by atoms with Gasteiger partial charge in [-0.3, -0.25) is 0 Å². The van der Waals surface area contributed by atoms with Crippen molar-refractivity contribution < 1.29 is 25.2 Å². The molecule has 13 heavy (non-hydrogen) atoms. The normalized spacial score (nSPS) is 15.7. The lowest BCUT2D eigenvalue weighted by Crippen LogP contribution is -2.40. The fourth-order valence-corrected chi connectivity index (χ4v) is 0.416. The summed E-state index contributed by atoms with van der Waals surface area (Å²) in [4.78, 5) is 11.8. The second kappa shape index (κ2) is 8.91. The van der Waals surface area contributed by atoms with Crippen LogP contribution >= 0.6 is 0 Å².